The molecule has 0 spiro atoms. The lowest BCUT2D eigenvalue weighted by molar-refractivity contribution is -0.138. The normalized spacial score (nSPS) is 30.1. The van der Waals surface area contributed by atoms with Gasteiger partial charge in [-0.1, -0.05) is 12.8 Å². The van der Waals surface area contributed by atoms with Crippen LogP contribution in [0.2, 0.25) is 0 Å². The van der Waals surface area contributed by atoms with Crippen LogP contribution in [0.5, 0.6) is 0 Å². The zero-order valence-electron chi connectivity index (χ0n) is 10.1. The van der Waals surface area contributed by atoms with Gasteiger partial charge in [-0.3, -0.25) is 9.59 Å². The second-order valence-corrected chi connectivity index (χ2v) is 5.23. The zero-order chi connectivity index (χ0) is 11.8. The van der Waals surface area contributed by atoms with Gasteiger partial charge in [-0.2, -0.15) is 0 Å². The highest BCUT2D eigenvalue weighted by molar-refractivity contribution is 5.90. The topological polar surface area (TPSA) is 49.4 Å². The van der Waals surface area contributed by atoms with Crippen LogP contribution in [-0.4, -0.2) is 34.8 Å². The molecule has 0 radical (unpaired) electrons. The van der Waals surface area contributed by atoms with E-state index in [1.807, 2.05) is 4.90 Å². The van der Waals surface area contributed by atoms with Gasteiger partial charge in [-0.25, -0.2) is 0 Å². The molecule has 2 fully saturated rings. The SMILES string of the molecule is CC1NC(=O)CCN(C2(C)CCCC2)C1=O. The average Bonchev–Trinajstić information content (AvgIpc) is 2.60. The molecule has 1 saturated carbocycles. The van der Waals surface area contributed by atoms with Crippen molar-refractivity contribution in [1.29, 1.82) is 0 Å². The van der Waals surface area contributed by atoms with Gasteiger partial charge in [-0.15, -0.1) is 0 Å². The second kappa shape index (κ2) is 4.07. The molecule has 1 heterocycles. The molecule has 1 unspecified atom stereocenters. The Hall–Kier alpha value is -1.06. The van der Waals surface area contributed by atoms with Crippen LogP contribution < -0.4 is 5.32 Å². The summed E-state index contributed by atoms with van der Waals surface area (Å²) in [5.41, 5.74) is -0.0162. The second-order valence-electron chi connectivity index (χ2n) is 5.23. The van der Waals surface area contributed by atoms with E-state index in [0.717, 1.165) is 12.8 Å². The predicted molar refractivity (Wildman–Crippen MR) is 60.8 cm³/mol. The maximum absolute atomic E-state index is 12.2. The van der Waals surface area contributed by atoms with Crippen LogP contribution >= 0.6 is 0 Å². The number of carbonyl (C=O) groups is 2. The smallest absolute Gasteiger partial charge is 0.245 e. The molecule has 90 valence electrons. The third-order valence-electron chi connectivity index (χ3n) is 3.91. The summed E-state index contributed by atoms with van der Waals surface area (Å²) in [7, 11) is 0. The molecule has 2 aliphatic rings. The van der Waals surface area contributed by atoms with Crippen LogP contribution in [0.1, 0.15) is 46.0 Å². The van der Waals surface area contributed by atoms with Crippen LogP contribution in [0.3, 0.4) is 0 Å². The van der Waals surface area contributed by atoms with Gasteiger partial charge in [0.2, 0.25) is 11.8 Å². The molecular weight excluding hydrogens is 204 g/mol. The van der Waals surface area contributed by atoms with E-state index in [2.05, 4.69) is 12.2 Å². The fourth-order valence-electron chi connectivity index (χ4n) is 2.88. The van der Waals surface area contributed by atoms with Gasteiger partial charge in [0.05, 0.1) is 0 Å². The minimum Gasteiger partial charge on any atom is -0.345 e. The summed E-state index contributed by atoms with van der Waals surface area (Å²) in [5, 5.41) is 2.73. The molecule has 2 rings (SSSR count). The fourth-order valence-corrected chi connectivity index (χ4v) is 2.88. The molecule has 4 nitrogen and oxygen atoms in total. The van der Waals surface area contributed by atoms with Crippen molar-refractivity contribution in [2.75, 3.05) is 6.54 Å². The summed E-state index contributed by atoms with van der Waals surface area (Å²) in [4.78, 5) is 25.5. The Bertz CT molecular complexity index is 308. The monoisotopic (exact) mass is 224 g/mol. The summed E-state index contributed by atoms with van der Waals surface area (Å²) in [6.45, 7) is 4.50. The first-order valence-electron chi connectivity index (χ1n) is 6.14. The summed E-state index contributed by atoms with van der Waals surface area (Å²) < 4.78 is 0. The Morgan fingerprint density at radius 3 is 2.56 bits per heavy atom. The van der Waals surface area contributed by atoms with Crippen molar-refractivity contribution in [3.63, 3.8) is 0 Å². The van der Waals surface area contributed by atoms with Gasteiger partial charge >= 0.3 is 0 Å². The largest absolute Gasteiger partial charge is 0.345 e. The molecule has 0 aromatic carbocycles. The van der Waals surface area contributed by atoms with Gasteiger partial charge < -0.3 is 10.2 Å². The number of nitrogens with zero attached hydrogens (tertiary/aromatic N) is 1. The molecule has 1 atom stereocenters. The Morgan fingerprint density at radius 1 is 1.31 bits per heavy atom. The molecular formula is C12H20N2O2. The van der Waals surface area contributed by atoms with Crippen LogP contribution in [0.15, 0.2) is 0 Å². The van der Waals surface area contributed by atoms with Gasteiger partial charge in [0.25, 0.3) is 0 Å². The van der Waals surface area contributed by atoms with Gasteiger partial charge in [0.15, 0.2) is 0 Å². The van der Waals surface area contributed by atoms with E-state index in [-0.39, 0.29) is 23.4 Å². The minimum absolute atomic E-state index is 0.00931. The standard InChI is InChI=1S/C12H20N2O2/c1-9-11(16)14(8-5-10(15)13-9)12(2)6-3-4-7-12/h9H,3-8H2,1-2H3,(H,13,15). The van der Waals surface area contributed by atoms with E-state index in [0.29, 0.717) is 13.0 Å². The number of amides is 2. The lowest BCUT2D eigenvalue weighted by atomic mass is 9.97. The van der Waals surface area contributed by atoms with Crippen molar-refractivity contribution in [1.82, 2.24) is 10.2 Å². The molecule has 16 heavy (non-hydrogen) atoms. The first kappa shape index (κ1) is 11.4. The van der Waals surface area contributed by atoms with Crippen molar-refractivity contribution in [3.05, 3.63) is 0 Å². The molecule has 1 aliphatic carbocycles. The van der Waals surface area contributed by atoms with E-state index < -0.39 is 0 Å². The highest BCUT2D eigenvalue weighted by atomic mass is 16.2. The van der Waals surface area contributed by atoms with Crippen LogP contribution in [-0.2, 0) is 9.59 Å². The van der Waals surface area contributed by atoms with Crippen molar-refractivity contribution in [2.24, 2.45) is 0 Å². The molecule has 4 heteroatoms. The Morgan fingerprint density at radius 2 is 1.94 bits per heavy atom. The van der Waals surface area contributed by atoms with Crippen LogP contribution in [0.4, 0.5) is 0 Å². The molecule has 0 bridgehead atoms. The number of nitrogens with one attached hydrogen (secondary N) is 1. The zero-order valence-corrected chi connectivity index (χ0v) is 10.1. The van der Waals surface area contributed by atoms with E-state index in [1.54, 1.807) is 6.92 Å². The van der Waals surface area contributed by atoms with Crippen molar-refractivity contribution < 1.29 is 9.59 Å². The molecule has 1 saturated heterocycles. The lowest BCUT2D eigenvalue weighted by Gasteiger charge is -2.38. The van der Waals surface area contributed by atoms with Gasteiger partial charge in [0, 0.05) is 18.5 Å². The minimum atomic E-state index is -0.368. The lowest BCUT2D eigenvalue weighted by Crippen LogP contribution is -2.52. The molecule has 2 amide bonds. The van der Waals surface area contributed by atoms with Crippen LogP contribution in [0.25, 0.3) is 0 Å². The van der Waals surface area contributed by atoms with Gasteiger partial charge in [0.1, 0.15) is 6.04 Å². The first-order valence-corrected chi connectivity index (χ1v) is 6.14. The fraction of sp³-hybridized carbons (Fsp3) is 0.833. The Balaban J connectivity index is 2.19. The average molecular weight is 224 g/mol. The predicted octanol–water partition coefficient (Wildman–Crippen LogP) is 1.06. The first-order chi connectivity index (χ1) is 7.53. The maximum atomic E-state index is 12.2. The highest BCUT2D eigenvalue weighted by Crippen LogP contribution is 2.35. The van der Waals surface area contributed by atoms with E-state index >= 15 is 0 Å². The quantitative estimate of drug-likeness (QED) is 0.724. The number of hydrogen-bond donors (Lipinski definition) is 1. The van der Waals surface area contributed by atoms with E-state index in [4.69, 9.17) is 0 Å². The van der Waals surface area contributed by atoms with Crippen molar-refractivity contribution in [2.45, 2.75) is 57.5 Å². The maximum Gasteiger partial charge on any atom is 0.245 e. The third kappa shape index (κ3) is 1.93. The highest BCUT2D eigenvalue weighted by Gasteiger charge is 2.40. The summed E-state index contributed by atoms with van der Waals surface area (Å²) in [6.07, 6.45) is 4.96. The van der Waals surface area contributed by atoms with Crippen molar-refractivity contribution >= 4 is 11.8 Å². The Labute approximate surface area is 96.4 Å². The number of carbonyl (C=O) groups excluding carboxylic acids is 2. The number of hydrogen-bond acceptors (Lipinski definition) is 2. The number of rotatable bonds is 1. The third-order valence-corrected chi connectivity index (χ3v) is 3.91. The summed E-state index contributed by atoms with van der Waals surface area (Å²) in [6, 6.07) is -0.368. The Kier molecular flexibility index (Phi) is 2.91. The van der Waals surface area contributed by atoms with Gasteiger partial charge in [-0.05, 0) is 26.7 Å². The summed E-state index contributed by atoms with van der Waals surface area (Å²) in [5.74, 6) is 0.0696. The van der Waals surface area contributed by atoms with Crippen molar-refractivity contribution in [3.8, 4) is 0 Å². The summed E-state index contributed by atoms with van der Waals surface area (Å²) >= 11 is 0. The van der Waals surface area contributed by atoms with Crippen LogP contribution in [0, 0.1) is 0 Å². The molecule has 1 aliphatic heterocycles. The van der Waals surface area contributed by atoms with E-state index in [9.17, 15) is 9.59 Å². The van der Waals surface area contributed by atoms with E-state index in [1.165, 1.54) is 12.8 Å². The molecule has 1 N–H and O–H groups in total. The molecule has 0 aromatic rings. The molecule has 0 aromatic heterocycles.